The Kier molecular flexibility index (Phi) is 8.33. The average Bonchev–Trinajstić information content (AvgIpc) is 2.86. The van der Waals surface area contributed by atoms with Gasteiger partial charge in [0.1, 0.15) is 24.0 Å². The lowest BCUT2D eigenvalue weighted by molar-refractivity contribution is -0.120. The Bertz CT molecular complexity index is 1120. The summed E-state index contributed by atoms with van der Waals surface area (Å²) in [5.41, 5.74) is 2.60. The van der Waals surface area contributed by atoms with Crippen LogP contribution in [-0.2, 0) is 17.8 Å². The number of likely N-dealkylation sites (N-methyl/N-ethyl adjacent to an activating group) is 1. The fraction of sp³-hybridized carbons (Fsp3) is 0.385. The number of pyridine rings is 1. The Morgan fingerprint density at radius 3 is 2.51 bits per heavy atom. The molecule has 184 valence electrons. The summed E-state index contributed by atoms with van der Waals surface area (Å²) in [6.07, 6.45) is 5.19. The van der Waals surface area contributed by atoms with Crippen molar-refractivity contribution in [2.75, 3.05) is 46.4 Å². The van der Waals surface area contributed by atoms with Gasteiger partial charge in [-0.05, 0) is 43.3 Å². The van der Waals surface area contributed by atoms with Gasteiger partial charge >= 0.3 is 0 Å². The van der Waals surface area contributed by atoms with Crippen LogP contribution in [0.4, 0.5) is 4.39 Å². The van der Waals surface area contributed by atoms with Gasteiger partial charge < -0.3 is 15.0 Å². The first-order valence-electron chi connectivity index (χ1n) is 11.8. The van der Waals surface area contributed by atoms with Crippen LogP contribution in [0.5, 0.6) is 5.75 Å². The number of halogens is 1. The molecule has 0 bridgehead atoms. The smallest absolute Gasteiger partial charge is 0.224 e. The van der Waals surface area contributed by atoms with Crippen LogP contribution >= 0.6 is 0 Å². The molecule has 35 heavy (non-hydrogen) atoms. The third-order valence-electron chi connectivity index (χ3n) is 5.96. The lowest BCUT2D eigenvalue weighted by Crippen LogP contribution is -2.45. The van der Waals surface area contributed by atoms with Crippen molar-refractivity contribution in [3.8, 4) is 17.0 Å². The minimum atomic E-state index is -0.391. The van der Waals surface area contributed by atoms with E-state index in [0.29, 0.717) is 29.4 Å². The van der Waals surface area contributed by atoms with Crippen molar-refractivity contribution in [3.05, 3.63) is 71.7 Å². The molecule has 1 fully saturated rings. The van der Waals surface area contributed by atoms with Gasteiger partial charge in [-0.25, -0.2) is 14.4 Å². The number of carbonyl (C=O) groups excluding carboxylic acids is 1. The molecule has 1 aliphatic rings. The van der Waals surface area contributed by atoms with Gasteiger partial charge in [0.05, 0.1) is 18.7 Å². The zero-order valence-electron chi connectivity index (χ0n) is 20.2. The van der Waals surface area contributed by atoms with Crippen LogP contribution < -0.4 is 10.1 Å². The number of carbonyl (C=O) groups is 1. The molecular formula is C26H31FN6O2. The molecular weight excluding hydrogens is 447 g/mol. The van der Waals surface area contributed by atoms with Crippen molar-refractivity contribution in [2.45, 2.75) is 19.9 Å². The zero-order valence-corrected chi connectivity index (χ0v) is 20.2. The number of aryl methyl sites for hydroxylation is 1. The first-order chi connectivity index (χ1) is 17.0. The fourth-order valence-corrected chi connectivity index (χ4v) is 3.78. The van der Waals surface area contributed by atoms with Gasteiger partial charge in [0, 0.05) is 62.9 Å². The van der Waals surface area contributed by atoms with Crippen molar-refractivity contribution >= 4 is 5.91 Å². The number of aromatic nitrogens is 3. The largest absolute Gasteiger partial charge is 0.492 e. The second kappa shape index (κ2) is 11.8. The Hall–Kier alpha value is -3.43. The summed E-state index contributed by atoms with van der Waals surface area (Å²) in [4.78, 5) is 29.6. The highest BCUT2D eigenvalue weighted by molar-refractivity contribution is 5.78. The van der Waals surface area contributed by atoms with Gasteiger partial charge in [0.2, 0.25) is 5.91 Å². The number of hydrogen-bond acceptors (Lipinski definition) is 7. The SMILES string of the molecule is Cc1cnc(CNC(=O)Cc2ccc(-c3ccc(OCCN4CCN(C)CC4)cc3F)nc2)nc1. The molecule has 0 saturated carbocycles. The van der Waals surface area contributed by atoms with Crippen molar-refractivity contribution in [1.82, 2.24) is 30.1 Å². The highest BCUT2D eigenvalue weighted by atomic mass is 19.1. The average molecular weight is 479 g/mol. The molecule has 0 radical (unpaired) electrons. The highest BCUT2D eigenvalue weighted by Crippen LogP contribution is 2.25. The molecule has 0 aliphatic carbocycles. The van der Waals surface area contributed by atoms with Gasteiger partial charge in [0.25, 0.3) is 0 Å². The van der Waals surface area contributed by atoms with Crippen LogP contribution in [0.15, 0.2) is 48.9 Å². The lowest BCUT2D eigenvalue weighted by atomic mass is 10.1. The molecule has 1 aliphatic heterocycles. The zero-order chi connectivity index (χ0) is 24.6. The fourth-order valence-electron chi connectivity index (χ4n) is 3.78. The van der Waals surface area contributed by atoms with E-state index in [4.69, 9.17) is 4.74 Å². The second-order valence-corrected chi connectivity index (χ2v) is 8.82. The van der Waals surface area contributed by atoms with E-state index in [1.165, 1.54) is 6.07 Å². The number of hydrogen-bond donors (Lipinski definition) is 1. The number of nitrogens with zero attached hydrogens (tertiary/aromatic N) is 5. The maximum atomic E-state index is 14.7. The molecule has 9 heteroatoms. The number of amides is 1. The van der Waals surface area contributed by atoms with Gasteiger partial charge in [-0.2, -0.15) is 0 Å². The number of piperazine rings is 1. The topological polar surface area (TPSA) is 83.5 Å². The van der Waals surface area contributed by atoms with E-state index in [1.54, 1.807) is 42.9 Å². The number of rotatable bonds is 9. The number of ether oxygens (including phenoxy) is 1. The van der Waals surface area contributed by atoms with E-state index in [1.807, 2.05) is 6.92 Å². The van der Waals surface area contributed by atoms with E-state index in [-0.39, 0.29) is 18.9 Å². The molecule has 1 aromatic carbocycles. The molecule has 1 N–H and O–H groups in total. The summed E-state index contributed by atoms with van der Waals surface area (Å²) >= 11 is 0. The normalized spacial score (nSPS) is 14.6. The predicted octanol–water partition coefficient (Wildman–Crippen LogP) is 2.47. The standard InChI is InChI=1S/C26H31FN6O2/c1-19-15-29-25(30-16-19)18-31-26(34)13-20-3-6-24(28-17-20)22-5-4-21(14-23(22)27)35-12-11-33-9-7-32(2)8-10-33/h3-6,14-17H,7-13,18H2,1-2H3,(H,31,34). The lowest BCUT2D eigenvalue weighted by Gasteiger charge is -2.32. The summed E-state index contributed by atoms with van der Waals surface area (Å²) in [7, 11) is 2.13. The molecule has 3 heterocycles. The van der Waals surface area contributed by atoms with E-state index >= 15 is 0 Å². The predicted molar refractivity (Wildman–Crippen MR) is 131 cm³/mol. The van der Waals surface area contributed by atoms with Crippen molar-refractivity contribution < 1.29 is 13.9 Å². The van der Waals surface area contributed by atoms with Crippen LogP contribution in [0, 0.1) is 12.7 Å². The van der Waals surface area contributed by atoms with E-state index in [0.717, 1.165) is 43.9 Å². The number of benzene rings is 1. The highest BCUT2D eigenvalue weighted by Gasteiger charge is 2.14. The van der Waals surface area contributed by atoms with E-state index < -0.39 is 5.82 Å². The van der Waals surface area contributed by atoms with Crippen LogP contribution in [0.3, 0.4) is 0 Å². The Balaban J connectivity index is 1.26. The monoisotopic (exact) mass is 478 g/mol. The summed E-state index contributed by atoms with van der Waals surface area (Å²) in [5.74, 6) is 0.511. The minimum Gasteiger partial charge on any atom is -0.492 e. The van der Waals surface area contributed by atoms with Crippen molar-refractivity contribution in [3.63, 3.8) is 0 Å². The van der Waals surface area contributed by atoms with Crippen LogP contribution in [-0.4, -0.2) is 77.0 Å². The minimum absolute atomic E-state index is 0.159. The Morgan fingerprint density at radius 2 is 1.83 bits per heavy atom. The molecule has 8 nitrogen and oxygen atoms in total. The molecule has 0 unspecified atom stereocenters. The van der Waals surface area contributed by atoms with Gasteiger partial charge in [-0.15, -0.1) is 0 Å². The first-order valence-corrected chi connectivity index (χ1v) is 11.8. The van der Waals surface area contributed by atoms with E-state index in [9.17, 15) is 9.18 Å². The molecule has 4 rings (SSSR count). The first kappa shape index (κ1) is 24.7. The molecule has 1 saturated heterocycles. The van der Waals surface area contributed by atoms with Crippen LogP contribution in [0.25, 0.3) is 11.3 Å². The summed E-state index contributed by atoms with van der Waals surface area (Å²) in [5, 5.41) is 2.80. The second-order valence-electron chi connectivity index (χ2n) is 8.82. The maximum Gasteiger partial charge on any atom is 0.224 e. The summed E-state index contributed by atoms with van der Waals surface area (Å²) in [6, 6.07) is 8.34. The van der Waals surface area contributed by atoms with Gasteiger partial charge in [-0.3, -0.25) is 14.7 Å². The third-order valence-corrected chi connectivity index (χ3v) is 5.96. The summed E-state index contributed by atoms with van der Waals surface area (Å²) in [6.45, 7) is 7.68. The van der Waals surface area contributed by atoms with Gasteiger partial charge in [-0.1, -0.05) is 6.07 Å². The molecule has 1 amide bonds. The summed E-state index contributed by atoms with van der Waals surface area (Å²) < 4.78 is 20.5. The van der Waals surface area contributed by atoms with Gasteiger partial charge in [0.15, 0.2) is 0 Å². The molecule has 0 spiro atoms. The molecule has 2 aromatic heterocycles. The number of nitrogens with one attached hydrogen (secondary N) is 1. The molecule has 3 aromatic rings. The quantitative estimate of drug-likeness (QED) is 0.506. The Morgan fingerprint density at radius 1 is 1.06 bits per heavy atom. The van der Waals surface area contributed by atoms with E-state index in [2.05, 4.69) is 37.1 Å². The van der Waals surface area contributed by atoms with Crippen molar-refractivity contribution in [1.29, 1.82) is 0 Å². The third kappa shape index (κ3) is 7.27. The molecule has 0 atom stereocenters. The van der Waals surface area contributed by atoms with Crippen LogP contribution in [0.1, 0.15) is 17.0 Å². The Labute approximate surface area is 205 Å². The van der Waals surface area contributed by atoms with Crippen molar-refractivity contribution in [2.24, 2.45) is 0 Å². The van der Waals surface area contributed by atoms with Crippen LogP contribution in [0.2, 0.25) is 0 Å². The maximum absolute atomic E-state index is 14.7.